The average molecular weight is 209 g/mol. The van der Waals surface area contributed by atoms with Gasteiger partial charge < -0.3 is 5.32 Å². The summed E-state index contributed by atoms with van der Waals surface area (Å²) in [5, 5.41) is 3.33. The second kappa shape index (κ2) is 6.71. The molecule has 0 saturated carbocycles. The molecule has 1 nitrogen and oxygen atoms in total. The molecule has 0 atom stereocenters. The summed E-state index contributed by atoms with van der Waals surface area (Å²) < 4.78 is 0. The van der Waals surface area contributed by atoms with Crippen molar-refractivity contribution in [3.8, 4) is 0 Å². The number of nitrogens with one attached hydrogen (secondary N) is 1. The van der Waals surface area contributed by atoms with E-state index in [4.69, 9.17) is 0 Å². The van der Waals surface area contributed by atoms with Gasteiger partial charge in [0, 0.05) is 11.4 Å². The maximum atomic E-state index is 3.88. The molecule has 0 saturated heterocycles. The van der Waals surface area contributed by atoms with Gasteiger partial charge in [0.05, 0.1) is 0 Å². The van der Waals surface area contributed by atoms with Crippen molar-refractivity contribution in [2.24, 2.45) is 5.41 Å². The van der Waals surface area contributed by atoms with Crippen molar-refractivity contribution < 1.29 is 0 Å². The van der Waals surface area contributed by atoms with E-state index in [1.807, 2.05) is 6.92 Å². The maximum absolute atomic E-state index is 3.88. The maximum Gasteiger partial charge on any atom is 0.0110 e. The molecular formula is C14H27N. The van der Waals surface area contributed by atoms with E-state index in [1.165, 1.54) is 25.0 Å². The van der Waals surface area contributed by atoms with Crippen LogP contribution in [0.25, 0.3) is 0 Å². The Morgan fingerprint density at radius 1 is 1.40 bits per heavy atom. The molecule has 0 bridgehead atoms. The summed E-state index contributed by atoms with van der Waals surface area (Å²) in [6.45, 7) is 14.9. The van der Waals surface area contributed by atoms with Gasteiger partial charge in [-0.05, 0) is 32.1 Å². The lowest BCUT2D eigenvalue weighted by molar-refractivity contribution is 0.315. The molecule has 0 aromatic rings. The van der Waals surface area contributed by atoms with Crippen LogP contribution in [0.2, 0.25) is 0 Å². The van der Waals surface area contributed by atoms with Gasteiger partial charge in [-0.25, -0.2) is 0 Å². The van der Waals surface area contributed by atoms with E-state index in [0.717, 1.165) is 12.1 Å². The van der Waals surface area contributed by atoms with Crippen LogP contribution in [-0.4, -0.2) is 0 Å². The summed E-state index contributed by atoms with van der Waals surface area (Å²) in [5.74, 6) is 0. The van der Waals surface area contributed by atoms with Crippen LogP contribution in [0.15, 0.2) is 24.0 Å². The van der Waals surface area contributed by atoms with Crippen molar-refractivity contribution in [2.75, 3.05) is 0 Å². The van der Waals surface area contributed by atoms with E-state index < -0.39 is 0 Å². The third-order valence-electron chi connectivity index (χ3n) is 2.60. The summed E-state index contributed by atoms with van der Waals surface area (Å²) in [6, 6.07) is 0. The van der Waals surface area contributed by atoms with Crippen LogP contribution in [0, 0.1) is 5.41 Å². The van der Waals surface area contributed by atoms with Crippen LogP contribution in [0.4, 0.5) is 0 Å². The van der Waals surface area contributed by atoms with Crippen LogP contribution in [0.3, 0.4) is 0 Å². The molecule has 0 rings (SSSR count). The number of rotatable bonds is 7. The zero-order valence-corrected chi connectivity index (χ0v) is 11.1. The van der Waals surface area contributed by atoms with E-state index in [9.17, 15) is 0 Å². The van der Waals surface area contributed by atoms with Crippen LogP contribution in [0.1, 0.15) is 60.3 Å². The topological polar surface area (TPSA) is 12.0 Å². The first-order chi connectivity index (χ1) is 6.91. The number of allylic oxidation sites excluding steroid dienone is 3. The summed E-state index contributed by atoms with van der Waals surface area (Å²) in [7, 11) is 0. The van der Waals surface area contributed by atoms with Gasteiger partial charge in [-0.15, -0.1) is 0 Å². The summed E-state index contributed by atoms with van der Waals surface area (Å²) in [4.78, 5) is 0. The third-order valence-corrected chi connectivity index (χ3v) is 2.60. The quantitative estimate of drug-likeness (QED) is 0.645. The van der Waals surface area contributed by atoms with Crippen molar-refractivity contribution in [2.45, 2.75) is 60.3 Å². The molecule has 88 valence electrons. The number of hydrogen-bond donors (Lipinski definition) is 1. The van der Waals surface area contributed by atoms with Crippen molar-refractivity contribution in [3.05, 3.63) is 24.0 Å². The molecule has 0 unspecified atom stereocenters. The zero-order chi connectivity index (χ0) is 11.9. The molecule has 0 aliphatic carbocycles. The first kappa shape index (κ1) is 14.3. The number of unbranched alkanes of at least 4 members (excludes halogenated alkanes) is 1. The molecule has 0 heterocycles. The van der Waals surface area contributed by atoms with Crippen molar-refractivity contribution >= 4 is 0 Å². The lowest BCUT2D eigenvalue weighted by Gasteiger charge is -2.26. The van der Waals surface area contributed by atoms with E-state index in [-0.39, 0.29) is 0 Å². The van der Waals surface area contributed by atoms with E-state index in [0.29, 0.717) is 5.41 Å². The predicted octanol–water partition coefficient (Wildman–Crippen LogP) is 4.62. The Labute approximate surface area is 95.7 Å². The van der Waals surface area contributed by atoms with Gasteiger partial charge in [0.25, 0.3) is 0 Å². The van der Waals surface area contributed by atoms with Crippen LogP contribution in [-0.2, 0) is 0 Å². The highest BCUT2D eigenvalue weighted by atomic mass is 14.9. The van der Waals surface area contributed by atoms with E-state index >= 15 is 0 Å². The van der Waals surface area contributed by atoms with Crippen molar-refractivity contribution in [1.29, 1.82) is 0 Å². The minimum Gasteiger partial charge on any atom is -0.363 e. The standard InChI is InChI=1S/C14H27N/c1-7-9-10-14(5,6)11-13(8-2)15-12(3)4/h8,15H,3,7,9-11H2,1-2,4-6H3/b13-8-. The molecule has 15 heavy (non-hydrogen) atoms. The highest BCUT2D eigenvalue weighted by molar-refractivity contribution is 5.08. The number of hydrogen-bond acceptors (Lipinski definition) is 1. The highest BCUT2D eigenvalue weighted by Crippen LogP contribution is 2.30. The SMILES string of the molecule is C=C(C)N/C(=C\C)CC(C)(C)CCCC. The van der Waals surface area contributed by atoms with Crippen LogP contribution < -0.4 is 5.32 Å². The molecule has 0 aliphatic rings. The van der Waals surface area contributed by atoms with Gasteiger partial charge in [-0.2, -0.15) is 0 Å². The minimum absolute atomic E-state index is 0.389. The smallest absolute Gasteiger partial charge is 0.0110 e. The van der Waals surface area contributed by atoms with Gasteiger partial charge in [0.15, 0.2) is 0 Å². The Hall–Kier alpha value is -0.720. The molecule has 0 aromatic heterocycles. The molecule has 0 aromatic carbocycles. The lowest BCUT2D eigenvalue weighted by atomic mass is 9.82. The molecular weight excluding hydrogens is 182 g/mol. The summed E-state index contributed by atoms with van der Waals surface area (Å²) in [6.07, 6.45) is 7.15. The molecule has 0 amide bonds. The van der Waals surface area contributed by atoms with E-state index in [1.54, 1.807) is 0 Å². The Morgan fingerprint density at radius 3 is 2.40 bits per heavy atom. The molecule has 0 fully saturated rings. The first-order valence-electron chi connectivity index (χ1n) is 5.99. The zero-order valence-electron chi connectivity index (χ0n) is 11.1. The van der Waals surface area contributed by atoms with Gasteiger partial charge in [0.1, 0.15) is 0 Å². The second-order valence-electron chi connectivity index (χ2n) is 5.16. The Morgan fingerprint density at radius 2 is 2.00 bits per heavy atom. The van der Waals surface area contributed by atoms with Gasteiger partial charge in [-0.3, -0.25) is 0 Å². The fourth-order valence-electron chi connectivity index (χ4n) is 1.75. The Kier molecular flexibility index (Phi) is 6.38. The lowest BCUT2D eigenvalue weighted by Crippen LogP contribution is -2.19. The van der Waals surface area contributed by atoms with Crippen molar-refractivity contribution in [3.63, 3.8) is 0 Å². The van der Waals surface area contributed by atoms with Gasteiger partial charge >= 0.3 is 0 Å². The molecule has 0 aliphatic heterocycles. The van der Waals surface area contributed by atoms with Gasteiger partial charge in [0.2, 0.25) is 0 Å². The highest BCUT2D eigenvalue weighted by Gasteiger charge is 2.18. The van der Waals surface area contributed by atoms with E-state index in [2.05, 4.69) is 45.7 Å². The molecule has 1 N–H and O–H groups in total. The summed E-state index contributed by atoms with van der Waals surface area (Å²) in [5.41, 5.74) is 2.71. The van der Waals surface area contributed by atoms with Crippen LogP contribution in [0.5, 0.6) is 0 Å². The Bertz CT molecular complexity index is 223. The predicted molar refractivity (Wildman–Crippen MR) is 69.6 cm³/mol. The fraction of sp³-hybridized carbons (Fsp3) is 0.714. The van der Waals surface area contributed by atoms with Crippen LogP contribution >= 0.6 is 0 Å². The minimum atomic E-state index is 0.389. The summed E-state index contributed by atoms with van der Waals surface area (Å²) >= 11 is 0. The average Bonchev–Trinajstić information content (AvgIpc) is 2.12. The molecule has 0 spiro atoms. The molecule has 0 radical (unpaired) electrons. The Balaban J connectivity index is 4.21. The third kappa shape index (κ3) is 7.24. The van der Waals surface area contributed by atoms with Crippen molar-refractivity contribution in [1.82, 2.24) is 5.32 Å². The van der Waals surface area contributed by atoms with Gasteiger partial charge in [-0.1, -0.05) is 46.3 Å². The molecule has 1 heteroatoms. The normalized spacial score (nSPS) is 12.7. The monoisotopic (exact) mass is 209 g/mol. The largest absolute Gasteiger partial charge is 0.363 e. The fourth-order valence-corrected chi connectivity index (χ4v) is 1.75. The second-order valence-corrected chi connectivity index (χ2v) is 5.16. The first-order valence-corrected chi connectivity index (χ1v) is 5.99.